The summed E-state index contributed by atoms with van der Waals surface area (Å²) in [6.45, 7) is 4.64. The summed E-state index contributed by atoms with van der Waals surface area (Å²) in [7, 11) is 0. The van der Waals surface area contributed by atoms with Crippen molar-refractivity contribution in [3.63, 3.8) is 0 Å². The van der Waals surface area contributed by atoms with Crippen molar-refractivity contribution in [3.05, 3.63) is 70.6 Å². The first-order valence-electron chi connectivity index (χ1n) is 11.6. The van der Waals surface area contributed by atoms with E-state index in [9.17, 15) is 4.79 Å². The van der Waals surface area contributed by atoms with Crippen LogP contribution in [-0.2, 0) is 11.3 Å². The molecule has 9 heteroatoms. The average Bonchev–Trinajstić information content (AvgIpc) is 3.48. The molecule has 0 aliphatic heterocycles. The summed E-state index contributed by atoms with van der Waals surface area (Å²) in [5, 5.41) is 5.10. The summed E-state index contributed by atoms with van der Waals surface area (Å²) in [6, 6.07) is 7.95. The lowest BCUT2D eigenvalue weighted by atomic mass is 10.2. The maximum atomic E-state index is 15.5. The lowest BCUT2D eigenvalue weighted by Crippen LogP contribution is -2.07. The minimum atomic E-state index is -0.710. The largest absolute Gasteiger partial charge is 0.462 e. The number of nitrogens with zero attached hydrogens (tertiary/aromatic N) is 3. The molecule has 0 atom stereocenters. The van der Waals surface area contributed by atoms with Crippen LogP contribution in [-0.4, -0.2) is 26.9 Å². The number of hydrogen-bond donors (Lipinski definition) is 0. The molecule has 0 radical (unpaired) electrons. The van der Waals surface area contributed by atoms with Gasteiger partial charge >= 0.3 is 5.97 Å². The molecular formula is C26H24ClF2N3O2S. The molecule has 182 valence electrons. The SMILES string of the molecule is CCCn1cc(-n2c(C3CC3)c(Sc3cccc(C(=O)OCC)c3F)c3ccc(Cl)c(F)c32)cn1. The van der Waals surface area contributed by atoms with E-state index in [0.717, 1.165) is 42.1 Å². The maximum absolute atomic E-state index is 15.5. The molecule has 0 unspecified atom stereocenters. The second-order valence-corrected chi connectivity index (χ2v) is 9.94. The molecule has 2 heterocycles. The predicted octanol–water partition coefficient (Wildman–Crippen LogP) is 7.37. The molecule has 0 N–H and O–H groups in total. The highest BCUT2D eigenvalue weighted by Crippen LogP contribution is 2.51. The van der Waals surface area contributed by atoms with Crippen LogP contribution >= 0.6 is 23.4 Å². The van der Waals surface area contributed by atoms with Gasteiger partial charge in [0, 0.05) is 39.5 Å². The quantitative estimate of drug-likeness (QED) is 0.230. The number of rotatable bonds is 8. The summed E-state index contributed by atoms with van der Waals surface area (Å²) in [6.07, 6.45) is 6.44. The summed E-state index contributed by atoms with van der Waals surface area (Å²) in [4.78, 5) is 13.3. The Bertz CT molecular complexity index is 1430. The molecule has 1 aliphatic rings. The van der Waals surface area contributed by atoms with Crippen LogP contribution < -0.4 is 0 Å². The van der Waals surface area contributed by atoms with Crippen molar-refractivity contribution in [2.75, 3.05) is 6.61 Å². The molecular weight excluding hydrogens is 492 g/mol. The Morgan fingerprint density at radius 2 is 2.00 bits per heavy atom. The van der Waals surface area contributed by atoms with Gasteiger partial charge in [0.25, 0.3) is 0 Å². The zero-order valence-corrected chi connectivity index (χ0v) is 20.9. The standard InChI is InChI=1S/C26H24ClF2N3O2S/c1-3-12-31-14-16(13-30-31)32-23(15-8-9-15)25(18-10-11-19(27)22(29)24(18)32)35-20-7-5-6-17(21(20)28)26(33)34-4-2/h5-7,10-11,13-15H,3-4,8-9,12H2,1-2H3. The van der Waals surface area contributed by atoms with Crippen molar-refractivity contribution in [1.82, 2.24) is 14.3 Å². The molecule has 5 rings (SSSR count). The van der Waals surface area contributed by atoms with Crippen LogP contribution in [0, 0.1) is 11.6 Å². The fourth-order valence-corrected chi connectivity index (χ4v) is 5.64. The van der Waals surface area contributed by atoms with Crippen molar-refractivity contribution < 1.29 is 18.3 Å². The van der Waals surface area contributed by atoms with Crippen LogP contribution in [0.1, 0.15) is 55.1 Å². The zero-order chi connectivity index (χ0) is 24.7. The van der Waals surface area contributed by atoms with Crippen molar-refractivity contribution in [1.29, 1.82) is 0 Å². The van der Waals surface area contributed by atoms with Crippen molar-refractivity contribution in [2.24, 2.45) is 0 Å². The Morgan fingerprint density at radius 1 is 1.20 bits per heavy atom. The third kappa shape index (κ3) is 4.34. The van der Waals surface area contributed by atoms with E-state index in [1.807, 2.05) is 15.4 Å². The van der Waals surface area contributed by atoms with Crippen LogP contribution in [0.3, 0.4) is 0 Å². The molecule has 2 aromatic carbocycles. The molecule has 0 saturated heterocycles. The predicted molar refractivity (Wildman–Crippen MR) is 133 cm³/mol. The van der Waals surface area contributed by atoms with Crippen LogP contribution in [0.4, 0.5) is 8.78 Å². The minimum absolute atomic E-state index is 0.0200. The molecule has 1 fully saturated rings. The van der Waals surface area contributed by atoms with E-state index in [1.54, 1.807) is 31.3 Å². The molecule has 1 saturated carbocycles. The second kappa shape index (κ2) is 9.66. The van der Waals surface area contributed by atoms with Gasteiger partial charge < -0.3 is 9.30 Å². The van der Waals surface area contributed by atoms with E-state index >= 15 is 8.78 Å². The molecule has 0 bridgehead atoms. The Hall–Kier alpha value is -2.84. The first-order chi connectivity index (χ1) is 16.9. The summed E-state index contributed by atoms with van der Waals surface area (Å²) in [5.74, 6) is -1.68. The Kier molecular flexibility index (Phi) is 6.59. The Morgan fingerprint density at radius 3 is 2.71 bits per heavy atom. The molecule has 0 spiro atoms. The Balaban J connectivity index is 1.71. The number of esters is 1. The molecule has 4 aromatic rings. The molecule has 0 amide bonds. The molecule has 2 aromatic heterocycles. The highest BCUT2D eigenvalue weighted by molar-refractivity contribution is 7.99. The summed E-state index contributed by atoms with van der Waals surface area (Å²) >= 11 is 7.40. The van der Waals surface area contributed by atoms with Crippen molar-refractivity contribution in [3.8, 4) is 5.69 Å². The molecule has 1 aliphatic carbocycles. The first-order valence-corrected chi connectivity index (χ1v) is 12.8. The minimum Gasteiger partial charge on any atom is -0.462 e. The second-order valence-electron chi connectivity index (χ2n) is 8.48. The van der Waals surface area contributed by atoms with E-state index < -0.39 is 17.6 Å². The Labute approximate surface area is 211 Å². The van der Waals surface area contributed by atoms with Gasteiger partial charge in [-0.05, 0) is 50.5 Å². The highest BCUT2D eigenvalue weighted by Gasteiger charge is 2.35. The van der Waals surface area contributed by atoms with Crippen LogP contribution in [0.25, 0.3) is 16.6 Å². The zero-order valence-electron chi connectivity index (χ0n) is 19.4. The van der Waals surface area contributed by atoms with Gasteiger partial charge in [-0.15, -0.1) is 0 Å². The average molecular weight is 516 g/mol. The number of halogens is 3. The van der Waals surface area contributed by atoms with Crippen LogP contribution in [0.15, 0.2) is 52.5 Å². The smallest absolute Gasteiger partial charge is 0.341 e. The number of aryl methyl sites for hydroxylation is 1. The first kappa shape index (κ1) is 23.9. The fourth-order valence-electron chi connectivity index (χ4n) is 4.29. The lowest BCUT2D eigenvalue weighted by Gasteiger charge is -2.11. The summed E-state index contributed by atoms with van der Waals surface area (Å²) in [5.41, 5.74) is 1.87. The maximum Gasteiger partial charge on any atom is 0.341 e. The van der Waals surface area contributed by atoms with Gasteiger partial charge in [-0.25, -0.2) is 13.6 Å². The number of hydrogen-bond acceptors (Lipinski definition) is 4. The van der Waals surface area contributed by atoms with Gasteiger partial charge in [-0.2, -0.15) is 5.10 Å². The number of fused-ring (bicyclic) bond motifs is 1. The van der Waals surface area contributed by atoms with Gasteiger partial charge in [0.05, 0.1) is 34.6 Å². The number of carbonyl (C=O) groups excluding carboxylic acids is 1. The number of carbonyl (C=O) groups is 1. The number of aromatic nitrogens is 3. The highest BCUT2D eigenvalue weighted by atomic mass is 35.5. The number of benzene rings is 2. The van der Waals surface area contributed by atoms with Gasteiger partial charge in [-0.3, -0.25) is 4.68 Å². The normalized spacial score (nSPS) is 13.5. The third-order valence-corrected chi connectivity index (χ3v) is 7.44. The topological polar surface area (TPSA) is 49.0 Å². The molecule has 5 nitrogen and oxygen atoms in total. The van der Waals surface area contributed by atoms with Gasteiger partial charge in [0.2, 0.25) is 0 Å². The van der Waals surface area contributed by atoms with Crippen LogP contribution in [0.2, 0.25) is 5.02 Å². The fraction of sp³-hybridized carbons (Fsp3) is 0.308. The van der Waals surface area contributed by atoms with Crippen LogP contribution in [0.5, 0.6) is 0 Å². The van der Waals surface area contributed by atoms with Gasteiger partial charge in [0.1, 0.15) is 0 Å². The number of ether oxygens (including phenoxy) is 1. The van der Waals surface area contributed by atoms with E-state index in [4.69, 9.17) is 16.3 Å². The van der Waals surface area contributed by atoms with E-state index in [-0.39, 0.29) is 28.0 Å². The van der Waals surface area contributed by atoms with E-state index in [2.05, 4.69) is 12.0 Å². The van der Waals surface area contributed by atoms with E-state index in [0.29, 0.717) is 10.9 Å². The van der Waals surface area contributed by atoms with Gasteiger partial charge in [-0.1, -0.05) is 36.4 Å². The monoisotopic (exact) mass is 515 g/mol. The summed E-state index contributed by atoms with van der Waals surface area (Å²) < 4.78 is 39.6. The van der Waals surface area contributed by atoms with E-state index in [1.165, 1.54) is 23.9 Å². The third-order valence-electron chi connectivity index (χ3n) is 5.98. The molecule has 35 heavy (non-hydrogen) atoms. The van der Waals surface area contributed by atoms with Crippen molar-refractivity contribution in [2.45, 2.75) is 55.4 Å². The van der Waals surface area contributed by atoms with Crippen molar-refractivity contribution >= 4 is 40.2 Å². The van der Waals surface area contributed by atoms with Gasteiger partial charge in [0.15, 0.2) is 11.6 Å². The lowest BCUT2D eigenvalue weighted by molar-refractivity contribution is 0.0520.